The van der Waals surface area contributed by atoms with Crippen molar-refractivity contribution >= 4 is 34.7 Å². The van der Waals surface area contributed by atoms with E-state index in [0.717, 1.165) is 40.0 Å². The highest BCUT2D eigenvalue weighted by Gasteiger charge is 2.38. The minimum atomic E-state index is -1.09. The van der Waals surface area contributed by atoms with Gasteiger partial charge in [-0.3, -0.25) is 10.2 Å². The predicted octanol–water partition coefficient (Wildman–Crippen LogP) is 6.83. The summed E-state index contributed by atoms with van der Waals surface area (Å²) in [6, 6.07) is 24.1. The Balaban J connectivity index is 1.66. The number of nitrogens with zero attached hydrogens (tertiary/aromatic N) is 4. The molecule has 0 fully saturated rings. The standard InChI is InChI=1S/C38H46N6O5S/c1-38(2,3)49-37(47)42-44(32(36(45)46)21-22-50-5)33(23-28-24-39-31-14-10-9-13-30(28)31)35-41-40-34(20-17-26-11-7-6-8-12-26)43(35)25-27-15-18-29(48-4)19-16-27/h6-16,18-19,24,32-33,39H,17,20-23,25H2,1-5H3,(H,42,47)(H,45,46)/t32-,33+/m0/s1. The molecule has 11 nitrogen and oxygen atoms in total. The summed E-state index contributed by atoms with van der Waals surface area (Å²) in [7, 11) is 1.63. The van der Waals surface area contributed by atoms with Crippen LogP contribution >= 0.6 is 11.8 Å². The SMILES string of the molecule is COc1ccc(Cn2c(CCc3ccccc3)nnc2[C@@H](Cc2c[nH]c3ccccc23)N(NC(=O)OC(C)(C)C)[C@@H](CCSC)C(=O)O)cc1. The third-order valence-electron chi connectivity index (χ3n) is 8.39. The zero-order valence-corrected chi connectivity index (χ0v) is 30.1. The molecule has 0 radical (unpaired) electrons. The maximum absolute atomic E-state index is 13.5. The molecule has 5 rings (SSSR count). The molecule has 50 heavy (non-hydrogen) atoms. The number of aromatic nitrogens is 4. The van der Waals surface area contributed by atoms with E-state index in [2.05, 4.69) is 27.1 Å². The monoisotopic (exact) mass is 698 g/mol. The van der Waals surface area contributed by atoms with Crippen molar-refractivity contribution in [3.8, 4) is 5.75 Å². The maximum Gasteiger partial charge on any atom is 0.422 e. The fourth-order valence-electron chi connectivity index (χ4n) is 5.98. The summed E-state index contributed by atoms with van der Waals surface area (Å²) in [5.74, 6) is 1.51. The molecule has 0 bridgehead atoms. The number of amides is 1. The Morgan fingerprint density at radius 3 is 2.38 bits per heavy atom. The first-order valence-electron chi connectivity index (χ1n) is 16.7. The van der Waals surface area contributed by atoms with Gasteiger partial charge in [-0.1, -0.05) is 60.7 Å². The van der Waals surface area contributed by atoms with Gasteiger partial charge in [-0.2, -0.15) is 16.8 Å². The van der Waals surface area contributed by atoms with Crippen molar-refractivity contribution < 1.29 is 24.2 Å². The lowest BCUT2D eigenvalue weighted by atomic mass is 10.0. The highest BCUT2D eigenvalue weighted by atomic mass is 32.2. The molecule has 2 aromatic heterocycles. The number of ether oxygens (including phenoxy) is 2. The van der Waals surface area contributed by atoms with E-state index in [4.69, 9.17) is 19.7 Å². The number of para-hydroxylation sites is 1. The van der Waals surface area contributed by atoms with Crippen molar-refractivity contribution in [3.05, 3.63) is 113 Å². The molecule has 2 atom stereocenters. The number of carboxylic acids is 1. The van der Waals surface area contributed by atoms with Gasteiger partial charge < -0.3 is 24.1 Å². The van der Waals surface area contributed by atoms with Crippen molar-refractivity contribution in [2.75, 3.05) is 19.1 Å². The van der Waals surface area contributed by atoms with Crippen LogP contribution in [0.1, 0.15) is 61.6 Å². The average Bonchev–Trinajstić information content (AvgIpc) is 3.69. The zero-order chi connectivity index (χ0) is 35.7. The molecule has 5 aromatic rings. The number of fused-ring (bicyclic) bond motifs is 1. The van der Waals surface area contributed by atoms with Gasteiger partial charge in [0.1, 0.15) is 23.2 Å². The molecule has 0 aliphatic heterocycles. The Kier molecular flexibility index (Phi) is 12.2. The van der Waals surface area contributed by atoms with Crippen LogP contribution in [0.5, 0.6) is 5.75 Å². The smallest absolute Gasteiger partial charge is 0.422 e. The van der Waals surface area contributed by atoms with Crippen LogP contribution in [0, 0.1) is 0 Å². The number of hydrogen-bond acceptors (Lipinski definition) is 8. The third kappa shape index (κ3) is 9.45. The summed E-state index contributed by atoms with van der Waals surface area (Å²) >= 11 is 1.54. The minimum absolute atomic E-state index is 0.268. The quantitative estimate of drug-likeness (QED) is 0.0948. The Labute approximate surface area is 297 Å². The van der Waals surface area contributed by atoms with Crippen molar-refractivity contribution in [2.45, 2.75) is 70.7 Å². The molecule has 0 aliphatic carbocycles. The Morgan fingerprint density at radius 2 is 1.70 bits per heavy atom. The fraction of sp³-hybridized carbons (Fsp3) is 0.368. The van der Waals surface area contributed by atoms with E-state index in [1.807, 2.05) is 79.2 Å². The first-order valence-corrected chi connectivity index (χ1v) is 18.1. The second-order valence-electron chi connectivity index (χ2n) is 13.1. The summed E-state index contributed by atoms with van der Waals surface area (Å²) in [6.07, 6.45) is 5.04. The molecule has 0 saturated heterocycles. The summed E-state index contributed by atoms with van der Waals surface area (Å²) in [5.41, 5.74) is 6.12. The molecule has 2 heterocycles. The van der Waals surface area contributed by atoms with E-state index in [1.165, 1.54) is 10.6 Å². The number of benzene rings is 3. The lowest BCUT2D eigenvalue weighted by Gasteiger charge is -2.36. The van der Waals surface area contributed by atoms with Gasteiger partial charge in [0.2, 0.25) is 0 Å². The van der Waals surface area contributed by atoms with E-state index in [-0.39, 0.29) is 6.42 Å². The molecule has 3 N–H and O–H groups in total. The topological polar surface area (TPSA) is 135 Å². The number of thioether (sulfide) groups is 1. The van der Waals surface area contributed by atoms with Gasteiger partial charge in [0, 0.05) is 23.5 Å². The van der Waals surface area contributed by atoms with Gasteiger partial charge >= 0.3 is 12.1 Å². The fourth-order valence-corrected chi connectivity index (χ4v) is 6.44. The molecule has 264 valence electrons. The van der Waals surface area contributed by atoms with Gasteiger partial charge in [0.05, 0.1) is 19.7 Å². The predicted molar refractivity (Wildman–Crippen MR) is 196 cm³/mol. The normalized spacial score (nSPS) is 12.9. The van der Waals surface area contributed by atoms with E-state index >= 15 is 0 Å². The molecule has 3 aromatic carbocycles. The summed E-state index contributed by atoms with van der Waals surface area (Å²) in [5, 5.41) is 22.7. The van der Waals surface area contributed by atoms with Crippen LogP contribution in [0.25, 0.3) is 10.9 Å². The minimum Gasteiger partial charge on any atom is -0.497 e. The first-order chi connectivity index (χ1) is 24.1. The zero-order valence-electron chi connectivity index (χ0n) is 29.3. The van der Waals surface area contributed by atoms with E-state index in [0.29, 0.717) is 31.0 Å². The van der Waals surface area contributed by atoms with Crippen LogP contribution in [0.4, 0.5) is 4.79 Å². The maximum atomic E-state index is 13.5. The third-order valence-corrected chi connectivity index (χ3v) is 9.04. The Bertz CT molecular complexity index is 1850. The molecule has 0 saturated carbocycles. The van der Waals surface area contributed by atoms with Crippen LogP contribution in [0.3, 0.4) is 0 Å². The van der Waals surface area contributed by atoms with Crippen LogP contribution < -0.4 is 10.2 Å². The number of aryl methyl sites for hydroxylation is 2. The van der Waals surface area contributed by atoms with E-state index in [9.17, 15) is 14.7 Å². The van der Waals surface area contributed by atoms with Crippen molar-refractivity contribution in [3.63, 3.8) is 0 Å². The first kappa shape index (κ1) is 36.5. The number of H-pyrrole nitrogens is 1. The number of methoxy groups -OCH3 is 1. The highest BCUT2D eigenvalue weighted by molar-refractivity contribution is 7.98. The van der Waals surface area contributed by atoms with Gasteiger partial charge in [-0.15, -0.1) is 10.2 Å². The average molecular weight is 699 g/mol. The van der Waals surface area contributed by atoms with E-state index < -0.39 is 29.7 Å². The van der Waals surface area contributed by atoms with Crippen LogP contribution in [-0.2, 0) is 35.3 Å². The molecule has 1 amide bonds. The molecular formula is C38H46N6O5S. The largest absolute Gasteiger partial charge is 0.497 e. The van der Waals surface area contributed by atoms with Crippen LogP contribution in [-0.4, -0.2) is 72.7 Å². The number of aromatic amines is 1. The van der Waals surface area contributed by atoms with Crippen molar-refractivity contribution in [1.82, 2.24) is 30.2 Å². The van der Waals surface area contributed by atoms with Gasteiger partial charge in [-0.25, -0.2) is 4.79 Å². The molecule has 0 spiro atoms. The van der Waals surface area contributed by atoms with Crippen molar-refractivity contribution in [2.24, 2.45) is 0 Å². The van der Waals surface area contributed by atoms with Gasteiger partial charge in [0.15, 0.2) is 5.82 Å². The Morgan fingerprint density at radius 1 is 0.980 bits per heavy atom. The lowest BCUT2D eigenvalue weighted by Crippen LogP contribution is -2.55. The van der Waals surface area contributed by atoms with Crippen LogP contribution in [0.15, 0.2) is 85.1 Å². The number of carbonyl (C=O) groups excluding carboxylic acids is 1. The summed E-state index contributed by atoms with van der Waals surface area (Å²) < 4.78 is 13.1. The van der Waals surface area contributed by atoms with Crippen molar-refractivity contribution in [1.29, 1.82) is 0 Å². The number of carbonyl (C=O) groups is 2. The molecular weight excluding hydrogens is 653 g/mol. The number of rotatable bonds is 16. The number of aliphatic carboxylic acids is 1. The number of carboxylic acid groups (broad SMARTS) is 1. The lowest BCUT2D eigenvalue weighted by molar-refractivity contribution is -0.146. The second kappa shape index (κ2) is 16.7. The number of hydrazine groups is 1. The van der Waals surface area contributed by atoms with Gasteiger partial charge in [-0.05, 0) is 86.9 Å². The second-order valence-corrected chi connectivity index (χ2v) is 14.1. The number of nitrogens with one attached hydrogen (secondary N) is 2. The summed E-state index contributed by atoms with van der Waals surface area (Å²) in [6.45, 7) is 5.73. The van der Waals surface area contributed by atoms with Crippen LogP contribution in [0.2, 0.25) is 0 Å². The molecule has 12 heteroatoms. The van der Waals surface area contributed by atoms with Gasteiger partial charge in [0.25, 0.3) is 0 Å². The Hall–Kier alpha value is -4.81. The van der Waals surface area contributed by atoms with E-state index in [1.54, 1.807) is 39.6 Å². The number of hydrogen-bond donors (Lipinski definition) is 3. The molecule has 0 aliphatic rings. The molecule has 0 unspecified atom stereocenters. The summed E-state index contributed by atoms with van der Waals surface area (Å²) in [4.78, 5) is 29.9. The highest BCUT2D eigenvalue weighted by Crippen LogP contribution is 2.31.